The molecule has 18 heteroatoms. The molecule has 0 spiro atoms. The van der Waals surface area contributed by atoms with Gasteiger partial charge in [-0.2, -0.15) is 0 Å². The molecule has 0 rings (SSSR count). The van der Waals surface area contributed by atoms with Gasteiger partial charge in [0.2, 0.25) is 0 Å². The van der Waals surface area contributed by atoms with Gasteiger partial charge in [0, 0.05) is 6.61 Å². The molecule has 0 saturated carbocycles. The highest BCUT2D eigenvalue weighted by molar-refractivity contribution is 7.47. The lowest BCUT2D eigenvalue weighted by molar-refractivity contribution is -0.0188. The molecule has 43 heavy (non-hydrogen) atoms. The van der Waals surface area contributed by atoms with Crippen molar-refractivity contribution in [3.63, 3.8) is 0 Å². The fourth-order valence-corrected chi connectivity index (χ4v) is 4.82. The first-order valence-corrected chi connectivity index (χ1v) is 17.3. The second-order valence-corrected chi connectivity index (χ2v) is 13.0. The van der Waals surface area contributed by atoms with E-state index < -0.39 is 27.9 Å². The molecular formula is C25H55NO15P2. The maximum atomic E-state index is 12.1. The monoisotopic (exact) mass is 671 g/mol. The Bertz CT molecular complexity index is 747. The van der Waals surface area contributed by atoms with Crippen molar-refractivity contribution >= 4 is 15.6 Å². The van der Waals surface area contributed by atoms with Crippen molar-refractivity contribution in [2.24, 2.45) is 11.8 Å². The lowest BCUT2D eigenvalue weighted by Crippen LogP contribution is -2.28. The fraction of sp³-hybridized carbons (Fsp3) is 1.00. The van der Waals surface area contributed by atoms with Crippen LogP contribution in [0.1, 0.15) is 34.1 Å². The molecule has 0 heterocycles. The Labute approximate surface area is 256 Å². The van der Waals surface area contributed by atoms with Crippen molar-refractivity contribution < 1.29 is 70.5 Å². The van der Waals surface area contributed by atoms with Crippen molar-refractivity contribution in [1.29, 1.82) is 0 Å². The Hall–Kier alpha value is -0.100. The van der Waals surface area contributed by atoms with Crippen molar-refractivity contribution in [2.75, 3.05) is 113 Å². The van der Waals surface area contributed by atoms with Gasteiger partial charge < -0.3 is 43.3 Å². The van der Waals surface area contributed by atoms with E-state index in [-0.39, 0.29) is 51.5 Å². The molecule has 0 fully saturated rings. The average molecular weight is 672 g/mol. The Balaban J connectivity index is 3.55. The molecule has 0 aliphatic carbocycles. The van der Waals surface area contributed by atoms with Gasteiger partial charge in [-0.05, 0) is 39.2 Å². The number of nitrogens with one attached hydrogen (secondary N) is 1. The second-order valence-electron chi connectivity index (χ2n) is 10.2. The highest BCUT2D eigenvalue weighted by atomic mass is 31.2. The van der Waals surface area contributed by atoms with E-state index in [9.17, 15) is 18.9 Å². The van der Waals surface area contributed by atoms with Crippen molar-refractivity contribution in [2.45, 2.75) is 39.7 Å². The number of ether oxygens (including phenoxy) is 6. The van der Waals surface area contributed by atoms with Gasteiger partial charge in [0.1, 0.15) is 0 Å². The van der Waals surface area contributed by atoms with Crippen LogP contribution in [0.5, 0.6) is 0 Å². The SMILES string of the molecule is CNCOCCC(COP(=O)(O)OCCOCCOCCOCCOCCOCCOP(=O)(O)OC(C)(C)CO)C(C)C. The van der Waals surface area contributed by atoms with E-state index in [0.29, 0.717) is 66.0 Å². The number of aliphatic hydroxyl groups is 1. The van der Waals surface area contributed by atoms with Crippen LogP contribution in [0.25, 0.3) is 0 Å². The maximum absolute atomic E-state index is 12.1. The van der Waals surface area contributed by atoms with Gasteiger partial charge in [-0.25, -0.2) is 9.13 Å². The van der Waals surface area contributed by atoms with Gasteiger partial charge >= 0.3 is 15.6 Å². The standard InChI is InChI=1S/C25H55NO15P2/c1-23(2)24(6-7-37-22-26-5)20-40-42(28,29)38-18-16-35-14-12-33-10-8-32-9-11-34-13-15-36-17-19-39-43(30,31)41-25(3,4)21-27/h23-24,26-27H,6-22H2,1-5H3,(H,28,29)(H,30,31). The summed E-state index contributed by atoms with van der Waals surface area (Å²) in [4.78, 5) is 19.4. The molecule has 0 aliphatic rings. The fourth-order valence-electron chi connectivity index (χ4n) is 3.02. The van der Waals surface area contributed by atoms with Crippen LogP contribution < -0.4 is 5.32 Å². The van der Waals surface area contributed by atoms with Gasteiger partial charge in [-0.1, -0.05) is 13.8 Å². The van der Waals surface area contributed by atoms with Crippen molar-refractivity contribution in [3.8, 4) is 0 Å². The smallest absolute Gasteiger partial charge is 0.393 e. The zero-order valence-corrected chi connectivity index (χ0v) is 28.1. The largest absolute Gasteiger partial charge is 0.472 e. The number of phosphoric ester groups is 2. The molecule has 0 aromatic rings. The molecule has 16 nitrogen and oxygen atoms in total. The first kappa shape index (κ1) is 42.9. The molecule has 3 unspecified atom stereocenters. The summed E-state index contributed by atoms with van der Waals surface area (Å²) < 4.78 is 75.7. The van der Waals surface area contributed by atoms with Crippen LogP contribution >= 0.6 is 15.6 Å². The summed E-state index contributed by atoms with van der Waals surface area (Å²) in [6.07, 6.45) is 0.706. The van der Waals surface area contributed by atoms with E-state index in [2.05, 4.69) is 5.32 Å². The number of rotatable bonds is 32. The normalized spacial score (nSPS) is 15.9. The summed E-state index contributed by atoms with van der Waals surface area (Å²) in [6.45, 7) is 10.3. The third-order valence-electron chi connectivity index (χ3n) is 5.47. The van der Waals surface area contributed by atoms with Crippen molar-refractivity contribution in [3.05, 3.63) is 0 Å². The quantitative estimate of drug-likeness (QED) is 0.0459. The molecule has 260 valence electrons. The second kappa shape index (κ2) is 26.0. The number of aliphatic hydroxyl groups excluding tert-OH is 1. The highest BCUT2D eigenvalue weighted by Crippen LogP contribution is 2.47. The van der Waals surface area contributed by atoms with Crippen LogP contribution in [0.15, 0.2) is 0 Å². The van der Waals surface area contributed by atoms with Crippen LogP contribution in [0, 0.1) is 11.8 Å². The molecular weight excluding hydrogens is 616 g/mol. The Morgan fingerprint density at radius 1 is 0.651 bits per heavy atom. The number of phosphoric acid groups is 2. The molecule has 0 aromatic carbocycles. The van der Waals surface area contributed by atoms with Crippen LogP contribution in [0.3, 0.4) is 0 Å². The minimum Gasteiger partial charge on any atom is -0.393 e. The third-order valence-corrected chi connectivity index (χ3v) is 7.69. The first-order valence-electron chi connectivity index (χ1n) is 14.4. The summed E-state index contributed by atoms with van der Waals surface area (Å²) >= 11 is 0. The minimum atomic E-state index is -4.27. The lowest BCUT2D eigenvalue weighted by Gasteiger charge is -2.24. The molecule has 0 saturated heterocycles. The van der Waals surface area contributed by atoms with Gasteiger partial charge in [-0.3, -0.25) is 23.4 Å². The predicted octanol–water partition coefficient (Wildman–Crippen LogP) is 1.96. The van der Waals surface area contributed by atoms with E-state index in [4.69, 9.17) is 51.6 Å². The summed E-state index contributed by atoms with van der Waals surface area (Å²) in [5.41, 5.74) is -1.19. The Kier molecular flexibility index (Phi) is 26.0. The highest BCUT2D eigenvalue weighted by Gasteiger charge is 2.31. The van der Waals surface area contributed by atoms with E-state index in [1.165, 1.54) is 13.8 Å². The van der Waals surface area contributed by atoms with Crippen LogP contribution in [-0.4, -0.2) is 133 Å². The van der Waals surface area contributed by atoms with E-state index in [1.54, 1.807) is 7.05 Å². The number of hydrogen-bond donors (Lipinski definition) is 4. The average Bonchev–Trinajstić information content (AvgIpc) is 2.93. The van der Waals surface area contributed by atoms with E-state index in [1.807, 2.05) is 13.8 Å². The number of hydrogen-bond acceptors (Lipinski definition) is 14. The lowest BCUT2D eigenvalue weighted by atomic mass is 9.94. The van der Waals surface area contributed by atoms with Crippen LogP contribution in [0.2, 0.25) is 0 Å². The van der Waals surface area contributed by atoms with Gasteiger partial charge in [0.15, 0.2) is 0 Å². The summed E-state index contributed by atoms with van der Waals surface area (Å²) in [6, 6.07) is 0. The summed E-state index contributed by atoms with van der Waals surface area (Å²) in [5.74, 6) is 0.324. The predicted molar refractivity (Wildman–Crippen MR) is 157 cm³/mol. The zero-order chi connectivity index (χ0) is 32.5. The Morgan fingerprint density at radius 2 is 1.07 bits per heavy atom. The van der Waals surface area contributed by atoms with Gasteiger partial charge in [0.25, 0.3) is 0 Å². The zero-order valence-electron chi connectivity index (χ0n) is 26.3. The van der Waals surface area contributed by atoms with Crippen molar-refractivity contribution in [1.82, 2.24) is 5.32 Å². The molecule has 0 radical (unpaired) electrons. The summed E-state index contributed by atoms with van der Waals surface area (Å²) in [5, 5.41) is 12.0. The Morgan fingerprint density at radius 3 is 1.47 bits per heavy atom. The molecule has 0 amide bonds. The third kappa shape index (κ3) is 27.9. The van der Waals surface area contributed by atoms with Gasteiger partial charge in [0.05, 0.1) is 105 Å². The topological polar surface area (TPSA) is 199 Å². The van der Waals surface area contributed by atoms with E-state index >= 15 is 0 Å². The molecule has 0 aliphatic heterocycles. The molecule has 3 atom stereocenters. The minimum absolute atomic E-state index is 0.0637. The van der Waals surface area contributed by atoms with Crippen LogP contribution in [0.4, 0.5) is 0 Å². The van der Waals surface area contributed by atoms with Crippen LogP contribution in [-0.2, 0) is 55.6 Å². The summed E-state index contributed by atoms with van der Waals surface area (Å²) in [7, 11) is -6.65. The molecule has 0 aromatic heterocycles. The maximum Gasteiger partial charge on any atom is 0.472 e. The van der Waals surface area contributed by atoms with E-state index in [0.717, 1.165) is 0 Å². The van der Waals surface area contributed by atoms with Gasteiger partial charge in [-0.15, -0.1) is 0 Å². The molecule has 0 bridgehead atoms. The first-order chi connectivity index (χ1) is 20.3. The molecule has 4 N–H and O–H groups in total.